The van der Waals surface area contributed by atoms with Crippen molar-refractivity contribution in [3.8, 4) is 11.4 Å². The molecule has 0 saturated carbocycles. The summed E-state index contributed by atoms with van der Waals surface area (Å²) in [6.45, 7) is 7.69. The minimum atomic E-state index is -0.0287. The van der Waals surface area contributed by atoms with Gasteiger partial charge in [-0.15, -0.1) is 0 Å². The van der Waals surface area contributed by atoms with Crippen molar-refractivity contribution in [2.24, 2.45) is 0 Å². The largest absolute Gasteiger partial charge is 0.495 e. The maximum atomic E-state index is 12.8. The number of aromatic nitrogens is 2. The van der Waals surface area contributed by atoms with Crippen LogP contribution in [0.2, 0.25) is 0 Å². The van der Waals surface area contributed by atoms with Gasteiger partial charge >= 0.3 is 0 Å². The number of nitrogens with zero attached hydrogens (tertiary/aromatic N) is 4. The third-order valence-electron chi connectivity index (χ3n) is 5.54. The van der Waals surface area contributed by atoms with E-state index in [0.717, 1.165) is 49.0 Å². The van der Waals surface area contributed by atoms with Crippen LogP contribution >= 0.6 is 0 Å². The van der Waals surface area contributed by atoms with E-state index in [1.165, 1.54) is 5.56 Å². The van der Waals surface area contributed by atoms with Crippen LogP contribution in [0.1, 0.15) is 11.3 Å². The third kappa shape index (κ3) is 4.88. The molecule has 1 N–H and O–H groups in total. The number of carbonyl (C=O) groups is 1. The second kappa shape index (κ2) is 9.22. The first-order valence-corrected chi connectivity index (χ1v) is 10.6. The van der Waals surface area contributed by atoms with Crippen molar-refractivity contribution in [2.75, 3.05) is 50.1 Å². The summed E-state index contributed by atoms with van der Waals surface area (Å²) in [5.41, 5.74) is 4.08. The Kier molecular flexibility index (Phi) is 6.23. The van der Waals surface area contributed by atoms with Gasteiger partial charge in [-0.05, 0) is 38.1 Å². The summed E-state index contributed by atoms with van der Waals surface area (Å²) in [5, 5.41) is 7.58. The van der Waals surface area contributed by atoms with Crippen LogP contribution in [0, 0.1) is 13.8 Å². The lowest BCUT2D eigenvalue weighted by Crippen LogP contribution is -2.48. The van der Waals surface area contributed by atoms with Crippen molar-refractivity contribution in [3.63, 3.8) is 0 Å². The molecule has 4 rings (SSSR count). The van der Waals surface area contributed by atoms with Gasteiger partial charge in [-0.25, -0.2) is 4.68 Å². The Hall–Kier alpha value is -3.32. The molecule has 1 amide bonds. The Balaban J connectivity index is 1.36. The number of rotatable bonds is 6. The minimum absolute atomic E-state index is 0.0287. The van der Waals surface area contributed by atoms with Gasteiger partial charge in [-0.1, -0.05) is 29.8 Å². The molecule has 1 fully saturated rings. The number of amides is 1. The number of hydrogen-bond acceptors (Lipinski definition) is 5. The number of carbonyl (C=O) groups excluding carboxylic acids is 1. The number of benzene rings is 2. The molecule has 162 valence electrons. The summed E-state index contributed by atoms with van der Waals surface area (Å²) in [5.74, 6) is 1.55. The van der Waals surface area contributed by atoms with Gasteiger partial charge < -0.3 is 15.0 Å². The summed E-state index contributed by atoms with van der Waals surface area (Å²) in [6, 6.07) is 18.1. The molecule has 1 aliphatic rings. The summed E-state index contributed by atoms with van der Waals surface area (Å²) in [4.78, 5) is 17.2. The van der Waals surface area contributed by atoms with E-state index in [2.05, 4.69) is 33.2 Å². The molecule has 31 heavy (non-hydrogen) atoms. The second-order valence-corrected chi connectivity index (χ2v) is 7.90. The molecule has 0 unspecified atom stereocenters. The average Bonchev–Trinajstić information content (AvgIpc) is 3.14. The highest BCUT2D eigenvalue weighted by Crippen LogP contribution is 2.28. The van der Waals surface area contributed by atoms with Crippen molar-refractivity contribution < 1.29 is 9.53 Å². The Labute approximate surface area is 183 Å². The highest BCUT2D eigenvalue weighted by atomic mass is 16.5. The first kappa shape index (κ1) is 20.9. The van der Waals surface area contributed by atoms with Gasteiger partial charge in [-0.2, -0.15) is 5.10 Å². The summed E-state index contributed by atoms with van der Waals surface area (Å²) < 4.78 is 7.27. The quantitative estimate of drug-likeness (QED) is 0.665. The molecule has 0 aliphatic carbocycles. The van der Waals surface area contributed by atoms with Crippen molar-refractivity contribution >= 4 is 17.4 Å². The predicted octanol–water partition coefficient (Wildman–Crippen LogP) is 3.26. The van der Waals surface area contributed by atoms with Crippen molar-refractivity contribution in [1.29, 1.82) is 0 Å². The second-order valence-electron chi connectivity index (χ2n) is 7.90. The molecule has 0 atom stereocenters. The zero-order valence-electron chi connectivity index (χ0n) is 18.3. The van der Waals surface area contributed by atoms with Crippen LogP contribution in [0.15, 0.2) is 54.6 Å². The number of anilines is 2. The fourth-order valence-electron chi connectivity index (χ4n) is 3.89. The maximum absolute atomic E-state index is 12.8. The predicted molar refractivity (Wildman–Crippen MR) is 123 cm³/mol. The number of piperazine rings is 1. The topological polar surface area (TPSA) is 62.6 Å². The van der Waals surface area contributed by atoms with Crippen molar-refractivity contribution in [3.05, 3.63) is 65.9 Å². The molecule has 0 bridgehead atoms. The molecule has 0 spiro atoms. The van der Waals surface area contributed by atoms with E-state index in [4.69, 9.17) is 4.74 Å². The molecular weight excluding hydrogens is 390 g/mol. The van der Waals surface area contributed by atoms with Gasteiger partial charge in [-0.3, -0.25) is 9.69 Å². The fraction of sp³-hybridized carbons (Fsp3) is 0.333. The van der Waals surface area contributed by atoms with Crippen LogP contribution in [-0.4, -0.2) is 60.4 Å². The van der Waals surface area contributed by atoms with Crippen molar-refractivity contribution in [1.82, 2.24) is 14.7 Å². The molecule has 2 heterocycles. The lowest BCUT2D eigenvalue weighted by molar-refractivity contribution is -0.117. The molecule has 1 aliphatic heterocycles. The van der Waals surface area contributed by atoms with E-state index >= 15 is 0 Å². The van der Waals surface area contributed by atoms with Gasteiger partial charge in [0.05, 0.1) is 30.7 Å². The van der Waals surface area contributed by atoms with Gasteiger partial charge in [0.2, 0.25) is 5.91 Å². The van der Waals surface area contributed by atoms with Gasteiger partial charge in [0.25, 0.3) is 0 Å². The van der Waals surface area contributed by atoms with Gasteiger partial charge in [0.1, 0.15) is 11.6 Å². The first-order chi connectivity index (χ1) is 15.0. The summed E-state index contributed by atoms with van der Waals surface area (Å²) in [7, 11) is 1.70. The number of aryl methyl sites for hydroxylation is 2. The zero-order chi connectivity index (χ0) is 21.8. The Morgan fingerprint density at radius 2 is 1.74 bits per heavy atom. The summed E-state index contributed by atoms with van der Waals surface area (Å²) in [6.07, 6.45) is 0. The number of para-hydroxylation sites is 2. The number of hydrogen-bond donors (Lipinski definition) is 1. The standard InChI is InChI=1S/C24H29N5O2/c1-18-8-10-20(11-9-18)29-23(16-19(2)26-29)25-24(30)17-27-12-14-28(15-13-27)21-6-4-5-7-22(21)31-3/h4-11,16H,12-15,17H2,1-3H3,(H,25,30). The van der Waals surface area contributed by atoms with Crippen LogP contribution in [0.5, 0.6) is 5.75 Å². The van der Waals surface area contributed by atoms with E-state index < -0.39 is 0 Å². The average molecular weight is 420 g/mol. The van der Waals surface area contributed by atoms with E-state index in [1.54, 1.807) is 11.8 Å². The Morgan fingerprint density at radius 1 is 1.03 bits per heavy atom. The molecule has 1 saturated heterocycles. The highest BCUT2D eigenvalue weighted by molar-refractivity contribution is 5.91. The van der Waals surface area contributed by atoms with Gasteiger partial charge in [0.15, 0.2) is 0 Å². The zero-order valence-corrected chi connectivity index (χ0v) is 18.3. The van der Waals surface area contributed by atoms with Crippen LogP contribution in [0.4, 0.5) is 11.5 Å². The normalized spacial score (nSPS) is 14.5. The third-order valence-corrected chi connectivity index (χ3v) is 5.54. The Bertz CT molecular complexity index is 1040. The van der Waals surface area contributed by atoms with Gasteiger partial charge in [0, 0.05) is 32.2 Å². The SMILES string of the molecule is COc1ccccc1N1CCN(CC(=O)Nc2cc(C)nn2-c2ccc(C)cc2)CC1. The Morgan fingerprint density at radius 3 is 2.45 bits per heavy atom. The smallest absolute Gasteiger partial charge is 0.239 e. The molecule has 1 aromatic heterocycles. The molecule has 0 radical (unpaired) electrons. The lowest BCUT2D eigenvalue weighted by Gasteiger charge is -2.36. The van der Waals surface area contributed by atoms with Crippen LogP contribution in [0.25, 0.3) is 5.69 Å². The molecule has 3 aromatic rings. The van der Waals surface area contributed by atoms with E-state index in [9.17, 15) is 4.79 Å². The van der Waals surface area contributed by atoms with Crippen LogP contribution in [-0.2, 0) is 4.79 Å². The molecule has 2 aromatic carbocycles. The minimum Gasteiger partial charge on any atom is -0.495 e. The number of methoxy groups -OCH3 is 1. The number of ether oxygens (including phenoxy) is 1. The number of nitrogens with one attached hydrogen (secondary N) is 1. The monoisotopic (exact) mass is 419 g/mol. The molecule has 7 nitrogen and oxygen atoms in total. The van der Waals surface area contributed by atoms with E-state index in [-0.39, 0.29) is 5.91 Å². The molecule has 7 heteroatoms. The maximum Gasteiger partial charge on any atom is 0.239 e. The van der Waals surface area contributed by atoms with Crippen molar-refractivity contribution in [2.45, 2.75) is 13.8 Å². The first-order valence-electron chi connectivity index (χ1n) is 10.6. The fourth-order valence-corrected chi connectivity index (χ4v) is 3.89. The van der Waals surface area contributed by atoms with E-state index in [0.29, 0.717) is 12.4 Å². The van der Waals surface area contributed by atoms with Crippen LogP contribution < -0.4 is 15.0 Å². The highest BCUT2D eigenvalue weighted by Gasteiger charge is 2.21. The lowest BCUT2D eigenvalue weighted by atomic mass is 10.2. The molecular formula is C24H29N5O2. The summed E-state index contributed by atoms with van der Waals surface area (Å²) >= 11 is 0. The van der Waals surface area contributed by atoms with E-state index in [1.807, 2.05) is 55.5 Å². The van der Waals surface area contributed by atoms with Crippen LogP contribution in [0.3, 0.4) is 0 Å².